The van der Waals surface area contributed by atoms with Crippen LogP contribution in [0.2, 0.25) is 0 Å². The normalized spacial score (nSPS) is 10.9. The van der Waals surface area contributed by atoms with Crippen LogP contribution < -0.4 is 4.74 Å². The van der Waals surface area contributed by atoms with Crippen molar-refractivity contribution in [2.75, 3.05) is 7.11 Å². The van der Waals surface area contributed by atoms with Crippen LogP contribution in [-0.4, -0.2) is 22.1 Å². The number of aryl methyl sites for hydroxylation is 2. The lowest BCUT2D eigenvalue weighted by Gasteiger charge is -2.05. The minimum absolute atomic E-state index is 0.745. The van der Waals surface area contributed by atoms with E-state index >= 15 is 0 Å². The van der Waals surface area contributed by atoms with Gasteiger partial charge >= 0.3 is 0 Å². The second-order valence-electron chi connectivity index (χ2n) is 4.59. The molecule has 0 aliphatic carbocycles. The van der Waals surface area contributed by atoms with Gasteiger partial charge in [0.05, 0.1) is 12.6 Å². The Hall–Kier alpha value is -2.36. The number of benzene rings is 1. The molecule has 3 rings (SSSR count). The van der Waals surface area contributed by atoms with E-state index in [2.05, 4.69) is 15.0 Å². The number of pyridine rings is 1. The molecule has 0 saturated carbocycles. The number of rotatable bonds is 2. The van der Waals surface area contributed by atoms with Crippen molar-refractivity contribution in [3.8, 4) is 17.1 Å². The molecule has 4 heteroatoms. The molecule has 0 amide bonds. The van der Waals surface area contributed by atoms with Crippen LogP contribution in [0.4, 0.5) is 0 Å². The number of hydrogen-bond acceptors (Lipinski definition) is 3. The lowest BCUT2D eigenvalue weighted by atomic mass is 10.1. The van der Waals surface area contributed by atoms with Crippen LogP contribution in [0.5, 0.6) is 5.75 Å². The van der Waals surface area contributed by atoms with Crippen LogP contribution in [0.25, 0.3) is 22.6 Å². The van der Waals surface area contributed by atoms with Gasteiger partial charge in [-0.2, -0.15) is 0 Å². The standard InChI is InChI=1S/C15H15N3O/c1-9-4-6-11(8-13(9)19-3)14-17-12-7-5-10(2)16-15(12)18-14/h4-8H,1-3H3,(H,16,17,18). The highest BCUT2D eigenvalue weighted by Crippen LogP contribution is 2.26. The molecule has 0 aliphatic rings. The molecular formula is C15H15N3O. The molecule has 3 aromatic rings. The van der Waals surface area contributed by atoms with Crippen molar-refractivity contribution in [3.63, 3.8) is 0 Å². The SMILES string of the molecule is COc1cc(-c2nc3nc(C)ccc3[nH]2)ccc1C. The summed E-state index contributed by atoms with van der Waals surface area (Å²) in [6.45, 7) is 3.98. The van der Waals surface area contributed by atoms with Crippen LogP contribution in [0.1, 0.15) is 11.3 Å². The molecule has 4 nitrogen and oxygen atoms in total. The Balaban J connectivity index is 2.13. The lowest BCUT2D eigenvalue weighted by Crippen LogP contribution is -1.88. The number of hydrogen-bond donors (Lipinski definition) is 1. The minimum atomic E-state index is 0.745. The van der Waals surface area contributed by atoms with Crippen molar-refractivity contribution >= 4 is 11.2 Å². The molecule has 0 spiro atoms. The highest BCUT2D eigenvalue weighted by molar-refractivity contribution is 5.76. The molecule has 0 atom stereocenters. The Morgan fingerprint density at radius 3 is 2.68 bits per heavy atom. The number of aromatic nitrogens is 3. The third-order valence-corrected chi connectivity index (χ3v) is 3.17. The van der Waals surface area contributed by atoms with E-state index in [1.54, 1.807) is 7.11 Å². The minimum Gasteiger partial charge on any atom is -0.496 e. The Kier molecular flexibility index (Phi) is 2.71. The van der Waals surface area contributed by atoms with E-state index in [1.165, 1.54) is 0 Å². The monoisotopic (exact) mass is 253 g/mol. The van der Waals surface area contributed by atoms with Crippen molar-refractivity contribution in [3.05, 3.63) is 41.6 Å². The third-order valence-electron chi connectivity index (χ3n) is 3.17. The molecule has 0 aliphatic heterocycles. The average Bonchev–Trinajstić information content (AvgIpc) is 2.82. The number of nitrogens with one attached hydrogen (secondary N) is 1. The van der Waals surface area contributed by atoms with E-state index in [1.807, 2.05) is 44.2 Å². The summed E-state index contributed by atoms with van der Waals surface area (Å²) in [5.74, 6) is 1.67. The fraction of sp³-hybridized carbons (Fsp3) is 0.200. The van der Waals surface area contributed by atoms with E-state index < -0.39 is 0 Å². The molecule has 0 saturated heterocycles. The van der Waals surface area contributed by atoms with E-state index in [0.29, 0.717) is 0 Å². The second kappa shape index (κ2) is 4.39. The first-order valence-electron chi connectivity index (χ1n) is 6.16. The molecule has 0 bridgehead atoms. The lowest BCUT2D eigenvalue weighted by molar-refractivity contribution is 0.412. The molecule has 19 heavy (non-hydrogen) atoms. The van der Waals surface area contributed by atoms with E-state index in [9.17, 15) is 0 Å². The fourth-order valence-corrected chi connectivity index (χ4v) is 2.09. The molecule has 96 valence electrons. The maximum absolute atomic E-state index is 5.34. The van der Waals surface area contributed by atoms with Crippen LogP contribution in [0.15, 0.2) is 30.3 Å². The van der Waals surface area contributed by atoms with Gasteiger partial charge in [0.15, 0.2) is 5.65 Å². The van der Waals surface area contributed by atoms with Gasteiger partial charge in [0, 0.05) is 11.3 Å². The van der Waals surface area contributed by atoms with Gasteiger partial charge < -0.3 is 9.72 Å². The van der Waals surface area contributed by atoms with Crippen LogP contribution in [-0.2, 0) is 0 Å². The summed E-state index contributed by atoms with van der Waals surface area (Å²) >= 11 is 0. The number of ether oxygens (including phenoxy) is 1. The second-order valence-corrected chi connectivity index (χ2v) is 4.59. The first-order valence-corrected chi connectivity index (χ1v) is 6.16. The highest BCUT2D eigenvalue weighted by Gasteiger charge is 2.08. The molecule has 0 fully saturated rings. The van der Waals surface area contributed by atoms with Gasteiger partial charge in [0.2, 0.25) is 0 Å². The smallest absolute Gasteiger partial charge is 0.178 e. The van der Waals surface area contributed by atoms with Gasteiger partial charge in [-0.15, -0.1) is 0 Å². The van der Waals surface area contributed by atoms with Crippen LogP contribution in [0.3, 0.4) is 0 Å². The fourth-order valence-electron chi connectivity index (χ4n) is 2.09. The summed E-state index contributed by atoms with van der Waals surface area (Å²) in [4.78, 5) is 12.2. The number of H-pyrrole nitrogens is 1. The van der Waals surface area contributed by atoms with Crippen molar-refractivity contribution in [2.45, 2.75) is 13.8 Å². The quantitative estimate of drug-likeness (QED) is 0.762. The predicted octanol–water partition coefficient (Wildman–Crippen LogP) is 3.25. The van der Waals surface area contributed by atoms with Crippen LogP contribution >= 0.6 is 0 Å². The summed E-state index contributed by atoms with van der Waals surface area (Å²) in [6, 6.07) is 10.0. The molecule has 2 heterocycles. The first kappa shape index (κ1) is 11.7. The molecule has 0 unspecified atom stereocenters. The number of fused-ring (bicyclic) bond motifs is 1. The van der Waals surface area contributed by atoms with E-state index in [-0.39, 0.29) is 0 Å². The third kappa shape index (κ3) is 2.05. The maximum atomic E-state index is 5.34. The van der Waals surface area contributed by atoms with E-state index in [4.69, 9.17) is 4.74 Å². The average molecular weight is 253 g/mol. The number of aromatic amines is 1. The van der Waals surface area contributed by atoms with E-state index in [0.717, 1.165) is 39.6 Å². The largest absolute Gasteiger partial charge is 0.496 e. The molecular weight excluding hydrogens is 238 g/mol. The number of nitrogens with zero attached hydrogens (tertiary/aromatic N) is 2. The summed E-state index contributed by atoms with van der Waals surface area (Å²) < 4.78 is 5.34. The van der Waals surface area contributed by atoms with Crippen molar-refractivity contribution in [1.29, 1.82) is 0 Å². The van der Waals surface area contributed by atoms with Gasteiger partial charge in [-0.05, 0) is 37.6 Å². The summed E-state index contributed by atoms with van der Waals surface area (Å²) in [7, 11) is 1.68. The Morgan fingerprint density at radius 1 is 1.05 bits per heavy atom. The number of imidazole rings is 1. The predicted molar refractivity (Wildman–Crippen MR) is 75.4 cm³/mol. The van der Waals surface area contributed by atoms with Gasteiger partial charge in [-0.1, -0.05) is 12.1 Å². The summed E-state index contributed by atoms with van der Waals surface area (Å²) in [5.41, 5.74) is 4.76. The van der Waals surface area contributed by atoms with Crippen molar-refractivity contribution < 1.29 is 4.74 Å². The molecule has 0 radical (unpaired) electrons. The zero-order valence-electron chi connectivity index (χ0n) is 11.2. The zero-order chi connectivity index (χ0) is 13.4. The Morgan fingerprint density at radius 2 is 1.89 bits per heavy atom. The topological polar surface area (TPSA) is 50.8 Å². The van der Waals surface area contributed by atoms with Gasteiger partial charge in [-0.25, -0.2) is 9.97 Å². The molecule has 1 aromatic carbocycles. The first-order chi connectivity index (χ1) is 9.17. The van der Waals surface area contributed by atoms with Gasteiger partial charge in [0.25, 0.3) is 0 Å². The summed E-state index contributed by atoms with van der Waals surface area (Å²) in [6.07, 6.45) is 0. The maximum Gasteiger partial charge on any atom is 0.178 e. The number of methoxy groups -OCH3 is 1. The van der Waals surface area contributed by atoms with Gasteiger partial charge in [-0.3, -0.25) is 0 Å². The molecule has 2 aromatic heterocycles. The Bertz CT molecular complexity index is 746. The van der Waals surface area contributed by atoms with Crippen molar-refractivity contribution in [2.24, 2.45) is 0 Å². The highest BCUT2D eigenvalue weighted by atomic mass is 16.5. The van der Waals surface area contributed by atoms with Crippen LogP contribution in [0, 0.1) is 13.8 Å². The molecule has 1 N–H and O–H groups in total. The Labute approximate surface area is 111 Å². The van der Waals surface area contributed by atoms with Gasteiger partial charge in [0.1, 0.15) is 11.6 Å². The summed E-state index contributed by atoms with van der Waals surface area (Å²) in [5, 5.41) is 0. The zero-order valence-corrected chi connectivity index (χ0v) is 11.2. The van der Waals surface area contributed by atoms with Crippen molar-refractivity contribution in [1.82, 2.24) is 15.0 Å².